The van der Waals surface area contributed by atoms with Crippen LogP contribution < -0.4 is 5.32 Å². The molecule has 0 aliphatic carbocycles. The van der Waals surface area contributed by atoms with Crippen molar-refractivity contribution >= 4 is 11.6 Å². The summed E-state index contributed by atoms with van der Waals surface area (Å²) >= 11 is 0. The second kappa shape index (κ2) is 5.00. The van der Waals surface area contributed by atoms with E-state index < -0.39 is 0 Å². The molecule has 0 radical (unpaired) electrons. The Labute approximate surface area is 106 Å². The molecule has 2 N–H and O–H groups in total. The zero-order valence-corrected chi connectivity index (χ0v) is 10.7. The summed E-state index contributed by atoms with van der Waals surface area (Å²) in [5.74, 6) is 0.591. The van der Waals surface area contributed by atoms with Crippen molar-refractivity contribution in [2.45, 2.75) is 27.2 Å². The summed E-state index contributed by atoms with van der Waals surface area (Å²) in [6, 6.07) is 5.91. The number of hydrogen-bond donors (Lipinski definition) is 2. The van der Waals surface area contributed by atoms with E-state index in [0.29, 0.717) is 5.82 Å². The quantitative estimate of drug-likeness (QED) is 0.869. The molecule has 0 saturated carbocycles. The Morgan fingerprint density at radius 2 is 2.17 bits per heavy atom. The number of amides is 1. The van der Waals surface area contributed by atoms with E-state index in [1.807, 2.05) is 39.0 Å². The van der Waals surface area contributed by atoms with Gasteiger partial charge in [-0.3, -0.25) is 9.89 Å². The van der Waals surface area contributed by atoms with Crippen LogP contribution in [0.15, 0.2) is 18.2 Å². The van der Waals surface area contributed by atoms with Gasteiger partial charge in [-0.1, -0.05) is 19.1 Å². The third-order valence-corrected chi connectivity index (χ3v) is 2.71. The summed E-state index contributed by atoms with van der Waals surface area (Å²) in [7, 11) is 0. The fourth-order valence-electron chi connectivity index (χ4n) is 1.60. The molecule has 0 fully saturated rings. The van der Waals surface area contributed by atoms with Crippen molar-refractivity contribution in [3.8, 4) is 0 Å². The van der Waals surface area contributed by atoms with Crippen molar-refractivity contribution in [1.29, 1.82) is 0 Å². The Morgan fingerprint density at radius 3 is 2.83 bits per heavy atom. The lowest BCUT2D eigenvalue weighted by molar-refractivity contribution is 0.101. The molecule has 0 atom stereocenters. The molecule has 1 aromatic heterocycles. The van der Waals surface area contributed by atoms with Crippen LogP contribution in [0.4, 0.5) is 5.69 Å². The number of nitrogens with zero attached hydrogens (tertiary/aromatic N) is 2. The number of rotatable bonds is 3. The number of anilines is 1. The van der Waals surface area contributed by atoms with Gasteiger partial charge >= 0.3 is 0 Å². The Bertz CT molecular complexity index is 574. The minimum absolute atomic E-state index is 0.174. The normalized spacial score (nSPS) is 10.4. The number of benzene rings is 1. The zero-order valence-electron chi connectivity index (χ0n) is 10.7. The lowest BCUT2D eigenvalue weighted by Crippen LogP contribution is -2.14. The van der Waals surface area contributed by atoms with Gasteiger partial charge in [0.15, 0.2) is 0 Å². The number of H-pyrrole nitrogens is 1. The van der Waals surface area contributed by atoms with E-state index in [0.717, 1.165) is 23.2 Å². The molecule has 5 heteroatoms. The first-order chi connectivity index (χ1) is 8.60. The Kier molecular flexibility index (Phi) is 3.41. The fourth-order valence-corrected chi connectivity index (χ4v) is 1.60. The van der Waals surface area contributed by atoms with Gasteiger partial charge in [-0.15, -0.1) is 5.10 Å². The minimum atomic E-state index is -0.292. The molecule has 0 spiro atoms. The van der Waals surface area contributed by atoms with E-state index in [1.165, 1.54) is 0 Å². The summed E-state index contributed by atoms with van der Waals surface area (Å²) in [4.78, 5) is 16.0. The van der Waals surface area contributed by atoms with Crippen molar-refractivity contribution < 1.29 is 4.79 Å². The highest BCUT2D eigenvalue weighted by atomic mass is 16.2. The monoisotopic (exact) mass is 244 g/mol. The molecule has 0 unspecified atom stereocenters. The van der Waals surface area contributed by atoms with Gasteiger partial charge in [0.1, 0.15) is 5.82 Å². The van der Waals surface area contributed by atoms with Crippen LogP contribution in [0, 0.1) is 13.8 Å². The van der Waals surface area contributed by atoms with Crippen molar-refractivity contribution in [1.82, 2.24) is 15.2 Å². The molecule has 1 heterocycles. The van der Waals surface area contributed by atoms with Crippen molar-refractivity contribution in [2.24, 2.45) is 0 Å². The maximum atomic E-state index is 12.0. The Morgan fingerprint density at radius 1 is 1.39 bits per heavy atom. The summed E-state index contributed by atoms with van der Waals surface area (Å²) in [5, 5.41) is 9.43. The van der Waals surface area contributed by atoms with Crippen LogP contribution in [-0.4, -0.2) is 21.1 Å². The summed E-state index contributed by atoms with van der Waals surface area (Å²) in [6.45, 7) is 5.88. The first-order valence-corrected chi connectivity index (χ1v) is 5.90. The van der Waals surface area contributed by atoms with Crippen molar-refractivity contribution in [3.05, 3.63) is 41.0 Å². The summed E-state index contributed by atoms with van der Waals surface area (Å²) in [6.07, 6.45) is 0.726. The molecule has 18 heavy (non-hydrogen) atoms. The van der Waals surface area contributed by atoms with Crippen LogP contribution in [-0.2, 0) is 6.42 Å². The molecular formula is C13H16N4O. The molecule has 2 aromatic rings. The first kappa shape index (κ1) is 12.3. The fraction of sp³-hybridized carbons (Fsp3) is 0.308. The number of aryl methyl sites for hydroxylation is 3. The predicted octanol–water partition coefficient (Wildman–Crippen LogP) is 2.24. The second-order valence-corrected chi connectivity index (χ2v) is 4.23. The van der Waals surface area contributed by atoms with Crippen molar-refractivity contribution in [3.63, 3.8) is 0 Å². The van der Waals surface area contributed by atoms with Crippen LogP contribution in [0.2, 0.25) is 0 Å². The third kappa shape index (κ3) is 2.56. The molecule has 5 nitrogen and oxygen atoms in total. The highest BCUT2D eigenvalue weighted by molar-refractivity contribution is 6.01. The Balaban J connectivity index is 2.18. The van der Waals surface area contributed by atoms with Gasteiger partial charge < -0.3 is 5.32 Å². The Hall–Kier alpha value is -2.17. The standard InChI is InChI=1S/C13H16N4O/c1-4-11-15-12(17-16-11)13(18)14-10-7-8(2)5-6-9(10)3/h5-7H,4H2,1-3H3,(H,14,18)(H,15,16,17). The predicted molar refractivity (Wildman–Crippen MR) is 69.6 cm³/mol. The second-order valence-electron chi connectivity index (χ2n) is 4.23. The lowest BCUT2D eigenvalue weighted by Gasteiger charge is -2.07. The van der Waals surface area contributed by atoms with Gasteiger partial charge in [-0.25, -0.2) is 4.98 Å². The van der Waals surface area contributed by atoms with Gasteiger partial charge in [-0.2, -0.15) is 0 Å². The van der Waals surface area contributed by atoms with Gasteiger partial charge in [0.05, 0.1) is 0 Å². The molecule has 0 saturated heterocycles. The average Bonchev–Trinajstić information content (AvgIpc) is 2.82. The van der Waals surface area contributed by atoms with E-state index in [-0.39, 0.29) is 11.7 Å². The van der Waals surface area contributed by atoms with E-state index in [4.69, 9.17) is 0 Å². The van der Waals surface area contributed by atoms with Crippen LogP contribution in [0.1, 0.15) is 34.5 Å². The molecule has 2 rings (SSSR count). The minimum Gasteiger partial charge on any atom is -0.319 e. The molecular weight excluding hydrogens is 228 g/mol. The van der Waals surface area contributed by atoms with Crippen LogP contribution in [0.5, 0.6) is 0 Å². The summed E-state index contributed by atoms with van der Waals surface area (Å²) < 4.78 is 0. The van der Waals surface area contributed by atoms with Crippen LogP contribution in [0.3, 0.4) is 0 Å². The molecule has 94 valence electrons. The maximum absolute atomic E-state index is 12.0. The van der Waals surface area contributed by atoms with E-state index in [1.54, 1.807) is 0 Å². The lowest BCUT2D eigenvalue weighted by atomic mass is 10.1. The number of nitrogens with one attached hydrogen (secondary N) is 2. The van der Waals surface area contributed by atoms with E-state index >= 15 is 0 Å². The van der Waals surface area contributed by atoms with E-state index in [2.05, 4.69) is 20.5 Å². The number of aromatic amines is 1. The largest absolute Gasteiger partial charge is 0.319 e. The maximum Gasteiger partial charge on any atom is 0.295 e. The van der Waals surface area contributed by atoms with Gasteiger partial charge in [0.25, 0.3) is 5.91 Å². The molecule has 1 amide bonds. The van der Waals surface area contributed by atoms with Gasteiger partial charge in [-0.05, 0) is 31.0 Å². The summed E-state index contributed by atoms with van der Waals surface area (Å²) in [5.41, 5.74) is 2.91. The molecule has 1 aromatic carbocycles. The third-order valence-electron chi connectivity index (χ3n) is 2.71. The molecule has 0 aliphatic heterocycles. The van der Waals surface area contributed by atoms with Gasteiger partial charge in [0.2, 0.25) is 5.82 Å². The van der Waals surface area contributed by atoms with Gasteiger partial charge in [0, 0.05) is 12.1 Å². The first-order valence-electron chi connectivity index (χ1n) is 5.90. The highest BCUT2D eigenvalue weighted by Crippen LogP contribution is 2.16. The number of carbonyl (C=O) groups excluding carboxylic acids is 1. The SMILES string of the molecule is CCc1nc(C(=O)Nc2cc(C)ccc2C)n[nH]1. The smallest absolute Gasteiger partial charge is 0.295 e. The van der Waals surface area contributed by atoms with Crippen LogP contribution in [0.25, 0.3) is 0 Å². The van der Waals surface area contributed by atoms with Crippen LogP contribution >= 0.6 is 0 Å². The topological polar surface area (TPSA) is 70.7 Å². The number of hydrogen-bond acceptors (Lipinski definition) is 3. The van der Waals surface area contributed by atoms with E-state index in [9.17, 15) is 4.79 Å². The zero-order chi connectivity index (χ0) is 13.1. The number of carbonyl (C=O) groups is 1. The average molecular weight is 244 g/mol. The number of aromatic nitrogens is 3. The highest BCUT2D eigenvalue weighted by Gasteiger charge is 2.13. The molecule has 0 aliphatic rings. The molecule has 0 bridgehead atoms. The van der Waals surface area contributed by atoms with Crippen molar-refractivity contribution in [2.75, 3.05) is 5.32 Å².